The van der Waals surface area contributed by atoms with Crippen molar-refractivity contribution in [3.8, 4) is 0 Å². The van der Waals surface area contributed by atoms with E-state index in [1.54, 1.807) is 0 Å². The topological polar surface area (TPSA) is 147 Å². The number of rotatable bonds is 11. The SMILES string of the molecule is CNC(=O)CN(CCN(CC(=O)O)CC(=O)O)CC(=O)O. The van der Waals surface area contributed by atoms with Crippen LogP contribution in [0.4, 0.5) is 0 Å². The van der Waals surface area contributed by atoms with Crippen LogP contribution < -0.4 is 5.32 Å². The van der Waals surface area contributed by atoms with Crippen LogP contribution in [0.3, 0.4) is 0 Å². The first kappa shape index (κ1) is 18.8. The third kappa shape index (κ3) is 10.3. The number of likely N-dealkylation sites (N-methyl/N-ethyl adjacent to an activating group) is 1. The molecule has 0 aliphatic heterocycles. The fourth-order valence-corrected chi connectivity index (χ4v) is 1.57. The van der Waals surface area contributed by atoms with Gasteiger partial charge in [-0.25, -0.2) is 0 Å². The number of hydrogen-bond acceptors (Lipinski definition) is 6. The number of amides is 1. The van der Waals surface area contributed by atoms with Crippen molar-refractivity contribution in [1.82, 2.24) is 15.1 Å². The van der Waals surface area contributed by atoms with Crippen LogP contribution in [0.25, 0.3) is 0 Å². The van der Waals surface area contributed by atoms with Gasteiger partial charge in [0.25, 0.3) is 0 Å². The number of nitrogens with one attached hydrogen (secondary N) is 1. The molecule has 0 aliphatic rings. The first-order valence-corrected chi connectivity index (χ1v) is 6.05. The Balaban J connectivity index is 4.56. The molecular formula is C11H19N3O7. The van der Waals surface area contributed by atoms with Gasteiger partial charge in [0.1, 0.15) is 0 Å². The third-order valence-corrected chi connectivity index (χ3v) is 2.46. The molecule has 0 spiro atoms. The lowest BCUT2D eigenvalue weighted by Gasteiger charge is -2.24. The molecule has 1 amide bonds. The van der Waals surface area contributed by atoms with Crippen molar-refractivity contribution < 1.29 is 34.5 Å². The quantitative estimate of drug-likeness (QED) is 0.327. The van der Waals surface area contributed by atoms with Gasteiger partial charge in [-0.2, -0.15) is 0 Å². The summed E-state index contributed by atoms with van der Waals surface area (Å²) in [4.78, 5) is 45.7. The molecule has 0 saturated heterocycles. The fraction of sp³-hybridized carbons (Fsp3) is 0.636. The van der Waals surface area contributed by atoms with Crippen LogP contribution in [0.5, 0.6) is 0 Å². The van der Waals surface area contributed by atoms with Crippen molar-refractivity contribution in [2.75, 3.05) is 46.3 Å². The Morgan fingerprint density at radius 1 is 0.762 bits per heavy atom. The van der Waals surface area contributed by atoms with Crippen molar-refractivity contribution in [2.24, 2.45) is 0 Å². The zero-order chi connectivity index (χ0) is 16.4. The van der Waals surface area contributed by atoms with Crippen LogP contribution in [-0.4, -0.2) is 95.3 Å². The van der Waals surface area contributed by atoms with Gasteiger partial charge < -0.3 is 20.6 Å². The molecule has 0 rings (SSSR count). The van der Waals surface area contributed by atoms with Gasteiger partial charge in [-0.1, -0.05) is 0 Å². The third-order valence-electron chi connectivity index (χ3n) is 2.46. The van der Waals surface area contributed by atoms with E-state index in [1.807, 2.05) is 0 Å². The minimum atomic E-state index is -1.19. The highest BCUT2D eigenvalue weighted by molar-refractivity contribution is 5.78. The molecule has 0 heterocycles. The number of carboxylic acids is 3. The summed E-state index contributed by atoms with van der Waals surface area (Å²) in [5.74, 6) is -3.90. The summed E-state index contributed by atoms with van der Waals surface area (Å²) in [7, 11) is 1.41. The van der Waals surface area contributed by atoms with E-state index in [0.717, 1.165) is 4.90 Å². The molecule has 10 nitrogen and oxygen atoms in total. The molecule has 120 valence electrons. The lowest BCUT2D eigenvalue weighted by Crippen LogP contribution is -2.44. The summed E-state index contributed by atoms with van der Waals surface area (Å²) in [6.45, 7) is -1.46. The Hall–Kier alpha value is -2.20. The second-order valence-electron chi connectivity index (χ2n) is 4.28. The van der Waals surface area contributed by atoms with Crippen LogP contribution in [0.1, 0.15) is 0 Å². The van der Waals surface area contributed by atoms with Gasteiger partial charge >= 0.3 is 17.9 Å². The van der Waals surface area contributed by atoms with Crippen molar-refractivity contribution in [1.29, 1.82) is 0 Å². The van der Waals surface area contributed by atoms with Crippen LogP contribution in [0.15, 0.2) is 0 Å². The molecule has 0 aromatic heterocycles. The molecule has 4 N–H and O–H groups in total. The minimum absolute atomic E-state index is 0.0167. The molecule has 21 heavy (non-hydrogen) atoms. The Bertz CT molecular complexity index is 383. The van der Waals surface area contributed by atoms with Gasteiger partial charge in [-0.3, -0.25) is 29.0 Å². The van der Waals surface area contributed by atoms with Gasteiger partial charge in [0.15, 0.2) is 0 Å². The van der Waals surface area contributed by atoms with Gasteiger partial charge in [-0.15, -0.1) is 0 Å². The average molecular weight is 305 g/mol. The summed E-state index contributed by atoms with van der Waals surface area (Å²) in [5.41, 5.74) is 0. The molecule has 0 aromatic rings. The van der Waals surface area contributed by atoms with E-state index in [9.17, 15) is 19.2 Å². The second kappa shape index (κ2) is 9.66. The van der Waals surface area contributed by atoms with E-state index in [-0.39, 0.29) is 25.5 Å². The summed E-state index contributed by atoms with van der Waals surface area (Å²) in [5, 5.41) is 28.5. The number of carboxylic acid groups (broad SMARTS) is 3. The van der Waals surface area contributed by atoms with Crippen molar-refractivity contribution in [2.45, 2.75) is 0 Å². The van der Waals surface area contributed by atoms with Crippen LogP contribution in [-0.2, 0) is 19.2 Å². The van der Waals surface area contributed by atoms with E-state index < -0.39 is 37.5 Å². The predicted octanol–water partition coefficient (Wildman–Crippen LogP) is -2.41. The van der Waals surface area contributed by atoms with Gasteiger partial charge in [0.05, 0.1) is 26.2 Å². The first-order chi connectivity index (χ1) is 9.74. The van der Waals surface area contributed by atoms with Crippen LogP contribution in [0.2, 0.25) is 0 Å². The van der Waals surface area contributed by atoms with Crippen LogP contribution in [0, 0.1) is 0 Å². The standard InChI is InChI=1S/C11H19N3O7/c1-12-8(15)4-13(5-9(16)17)2-3-14(6-10(18)19)7-11(20)21/h2-7H2,1H3,(H,12,15)(H,16,17)(H,18,19)(H,20,21). The van der Waals surface area contributed by atoms with Crippen molar-refractivity contribution in [3.63, 3.8) is 0 Å². The molecule has 10 heteroatoms. The predicted molar refractivity (Wildman–Crippen MR) is 69.9 cm³/mol. The smallest absolute Gasteiger partial charge is 0.317 e. The van der Waals surface area contributed by atoms with Gasteiger partial charge in [0, 0.05) is 20.1 Å². The molecule has 0 atom stereocenters. The molecule has 0 unspecified atom stereocenters. The number of hydrogen-bond donors (Lipinski definition) is 4. The highest BCUT2D eigenvalue weighted by Crippen LogP contribution is 1.94. The largest absolute Gasteiger partial charge is 0.480 e. The fourth-order valence-electron chi connectivity index (χ4n) is 1.57. The maximum atomic E-state index is 11.3. The molecule has 0 aromatic carbocycles. The number of nitrogens with zero attached hydrogens (tertiary/aromatic N) is 2. The minimum Gasteiger partial charge on any atom is -0.480 e. The summed E-state index contributed by atoms with van der Waals surface area (Å²) in [6.07, 6.45) is 0. The molecule has 0 aliphatic carbocycles. The summed E-state index contributed by atoms with van der Waals surface area (Å²) in [6, 6.07) is 0. The van der Waals surface area contributed by atoms with Gasteiger partial charge in [0.2, 0.25) is 5.91 Å². The number of carbonyl (C=O) groups excluding carboxylic acids is 1. The zero-order valence-corrected chi connectivity index (χ0v) is 11.6. The summed E-state index contributed by atoms with van der Waals surface area (Å²) >= 11 is 0. The summed E-state index contributed by atoms with van der Waals surface area (Å²) < 4.78 is 0. The lowest BCUT2D eigenvalue weighted by atomic mass is 10.3. The van der Waals surface area contributed by atoms with E-state index in [2.05, 4.69) is 5.32 Å². The average Bonchev–Trinajstić information content (AvgIpc) is 2.33. The molecule has 0 saturated carbocycles. The maximum absolute atomic E-state index is 11.3. The van der Waals surface area contributed by atoms with Crippen molar-refractivity contribution in [3.05, 3.63) is 0 Å². The van der Waals surface area contributed by atoms with Gasteiger partial charge in [-0.05, 0) is 0 Å². The lowest BCUT2D eigenvalue weighted by molar-refractivity contribution is -0.143. The highest BCUT2D eigenvalue weighted by Gasteiger charge is 2.17. The number of aliphatic carboxylic acids is 3. The van der Waals surface area contributed by atoms with E-state index in [4.69, 9.17) is 15.3 Å². The maximum Gasteiger partial charge on any atom is 0.317 e. The Labute approximate surface area is 120 Å². The Morgan fingerprint density at radius 3 is 1.38 bits per heavy atom. The normalized spacial score (nSPS) is 10.6. The zero-order valence-electron chi connectivity index (χ0n) is 11.6. The van der Waals surface area contributed by atoms with Crippen LogP contribution >= 0.6 is 0 Å². The number of carbonyl (C=O) groups is 4. The first-order valence-electron chi connectivity index (χ1n) is 6.05. The molecule has 0 bridgehead atoms. The Kier molecular flexibility index (Phi) is 8.65. The Morgan fingerprint density at radius 2 is 1.10 bits per heavy atom. The monoisotopic (exact) mass is 305 g/mol. The molecule has 0 radical (unpaired) electrons. The van der Waals surface area contributed by atoms with E-state index in [1.165, 1.54) is 11.9 Å². The molecule has 0 fully saturated rings. The highest BCUT2D eigenvalue weighted by atomic mass is 16.4. The van der Waals surface area contributed by atoms with E-state index in [0.29, 0.717) is 0 Å². The second-order valence-corrected chi connectivity index (χ2v) is 4.28. The van der Waals surface area contributed by atoms with Crippen molar-refractivity contribution >= 4 is 23.8 Å². The molecular weight excluding hydrogens is 286 g/mol. The van der Waals surface area contributed by atoms with E-state index >= 15 is 0 Å².